The highest BCUT2D eigenvalue weighted by molar-refractivity contribution is 5.94. The summed E-state index contributed by atoms with van der Waals surface area (Å²) in [6, 6.07) is 8.08. The molecule has 0 spiro atoms. The number of aryl methyl sites for hydroxylation is 1. The fraction of sp³-hybridized carbons (Fsp3) is 0.591. The minimum absolute atomic E-state index is 0.0945. The van der Waals surface area contributed by atoms with E-state index in [1.807, 2.05) is 17.0 Å². The van der Waals surface area contributed by atoms with Crippen molar-refractivity contribution >= 4 is 5.91 Å². The van der Waals surface area contributed by atoms with Crippen molar-refractivity contribution in [1.82, 2.24) is 24.6 Å². The fourth-order valence-electron chi connectivity index (χ4n) is 4.31. The number of benzene rings is 1. The smallest absolute Gasteiger partial charge is 0.254 e. The van der Waals surface area contributed by atoms with Gasteiger partial charge in [-0.25, -0.2) is 0 Å². The highest BCUT2D eigenvalue weighted by atomic mass is 16.2. The zero-order chi connectivity index (χ0) is 19.3. The summed E-state index contributed by atoms with van der Waals surface area (Å²) >= 11 is 0. The van der Waals surface area contributed by atoms with Gasteiger partial charge in [-0.3, -0.25) is 9.69 Å². The molecular formula is C22H31N5O. The van der Waals surface area contributed by atoms with Crippen LogP contribution >= 0.6 is 0 Å². The molecule has 1 saturated heterocycles. The molecule has 6 heteroatoms. The van der Waals surface area contributed by atoms with Crippen molar-refractivity contribution in [1.29, 1.82) is 0 Å². The summed E-state index contributed by atoms with van der Waals surface area (Å²) in [5, 5.41) is 8.90. The lowest BCUT2D eigenvalue weighted by molar-refractivity contribution is 0.0743. The van der Waals surface area contributed by atoms with Crippen LogP contribution in [-0.4, -0.2) is 50.1 Å². The van der Waals surface area contributed by atoms with Gasteiger partial charge in [0.05, 0.1) is 13.1 Å². The molecule has 0 bridgehead atoms. The Morgan fingerprint density at radius 1 is 0.964 bits per heavy atom. The van der Waals surface area contributed by atoms with Gasteiger partial charge < -0.3 is 9.47 Å². The number of carbonyl (C=O) groups excluding carboxylic acids is 1. The van der Waals surface area contributed by atoms with Crippen molar-refractivity contribution in [2.75, 3.05) is 19.6 Å². The van der Waals surface area contributed by atoms with E-state index in [1.54, 1.807) is 0 Å². The SMILES string of the molecule is CCCc1ccc(C(=O)N2CCCn3c(CN4CCCCC4)nnc3C2)cc1. The van der Waals surface area contributed by atoms with Crippen LogP contribution in [-0.2, 0) is 26.1 Å². The lowest BCUT2D eigenvalue weighted by atomic mass is 10.1. The topological polar surface area (TPSA) is 54.3 Å². The predicted molar refractivity (Wildman–Crippen MR) is 109 cm³/mol. The molecule has 150 valence electrons. The van der Waals surface area contributed by atoms with Crippen molar-refractivity contribution in [3.8, 4) is 0 Å². The Hall–Kier alpha value is -2.21. The number of likely N-dealkylation sites (tertiary alicyclic amines) is 1. The van der Waals surface area contributed by atoms with E-state index in [4.69, 9.17) is 0 Å². The number of nitrogens with zero attached hydrogens (tertiary/aromatic N) is 5. The predicted octanol–water partition coefficient (Wildman–Crippen LogP) is 3.26. The standard InChI is InChI=1S/C22H31N5O/c1-2-7-18-8-10-19(11-9-18)22(28)26-14-6-15-27-20(23-24-21(27)17-26)16-25-12-4-3-5-13-25/h8-11H,2-7,12-17H2,1H3. The van der Waals surface area contributed by atoms with Crippen LogP contribution in [0.2, 0.25) is 0 Å². The number of hydrogen-bond donors (Lipinski definition) is 0. The summed E-state index contributed by atoms with van der Waals surface area (Å²) in [6.07, 6.45) is 7.01. The summed E-state index contributed by atoms with van der Waals surface area (Å²) in [7, 11) is 0. The minimum atomic E-state index is 0.0945. The van der Waals surface area contributed by atoms with Gasteiger partial charge in [0, 0.05) is 18.7 Å². The Bertz CT molecular complexity index is 792. The fourth-order valence-corrected chi connectivity index (χ4v) is 4.31. The van der Waals surface area contributed by atoms with Gasteiger partial charge in [-0.2, -0.15) is 0 Å². The van der Waals surface area contributed by atoms with E-state index in [1.165, 1.54) is 24.8 Å². The molecule has 6 nitrogen and oxygen atoms in total. The van der Waals surface area contributed by atoms with Crippen molar-refractivity contribution in [3.63, 3.8) is 0 Å². The third-order valence-corrected chi connectivity index (χ3v) is 5.89. The first-order valence-electron chi connectivity index (χ1n) is 10.8. The summed E-state index contributed by atoms with van der Waals surface area (Å²) in [6.45, 7) is 7.56. The van der Waals surface area contributed by atoms with Crippen LogP contribution in [0.1, 0.15) is 66.6 Å². The monoisotopic (exact) mass is 381 g/mol. The van der Waals surface area contributed by atoms with Crippen molar-refractivity contribution in [3.05, 3.63) is 47.0 Å². The van der Waals surface area contributed by atoms with E-state index in [0.29, 0.717) is 6.54 Å². The quantitative estimate of drug-likeness (QED) is 0.798. The normalized spacial score (nSPS) is 18.0. The molecule has 2 aliphatic heterocycles. The van der Waals surface area contributed by atoms with Crippen LogP contribution in [0, 0.1) is 0 Å². The number of carbonyl (C=O) groups is 1. The molecule has 0 radical (unpaired) electrons. The minimum Gasteiger partial charge on any atom is -0.331 e. The zero-order valence-electron chi connectivity index (χ0n) is 16.9. The van der Waals surface area contributed by atoms with Crippen molar-refractivity contribution < 1.29 is 4.79 Å². The van der Waals surface area contributed by atoms with Crippen LogP contribution < -0.4 is 0 Å². The number of aromatic nitrogens is 3. The van der Waals surface area contributed by atoms with Crippen LogP contribution in [0.3, 0.4) is 0 Å². The molecular weight excluding hydrogens is 350 g/mol. The molecule has 1 aromatic heterocycles. The Balaban J connectivity index is 1.45. The Labute approximate surface area is 167 Å². The second kappa shape index (κ2) is 8.86. The third kappa shape index (κ3) is 4.27. The van der Waals surface area contributed by atoms with Gasteiger partial charge in [0.15, 0.2) is 5.82 Å². The molecule has 1 fully saturated rings. The maximum Gasteiger partial charge on any atom is 0.254 e. The van der Waals surface area contributed by atoms with E-state index in [0.717, 1.165) is 69.2 Å². The summed E-state index contributed by atoms with van der Waals surface area (Å²) < 4.78 is 2.24. The molecule has 0 saturated carbocycles. The number of piperidine rings is 1. The van der Waals surface area contributed by atoms with Crippen LogP contribution in [0.25, 0.3) is 0 Å². The van der Waals surface area contributed by atoms with Gasteiger partial charge in [-0.15, -0.1) is 10.2 Å². The average molecular weight is 382 g/mol. The summed E-state index contributed by atoms with van der Waals surface area (Å²) in [5.41, 5.74) is 2.05. The Morgan fingerprint density at radius 3 is 2.50 bits per heavy atom. The third-order valence-electron chi connectivity index (χ3n) is 5.89. The van der Waals surface area contributed by atoms with Gasteiger partial charge in [0.25, 0.3) is 5.91 Å². The molecule has 0 atom stereocenters. The van der Waals surface area contributed by atoms with Crippen molar-refractivity contribution in [2.45, 2.75) is 65.1 Å². The number of hydrogen-bond acceptors (Lipinski definition) is 4. The molecule has 3 heterocycles. The molecule has 1 amide bonds. The lowest BCUT2D eigenvalue weighted by Gasteiger charge is -2.25. The second-order valence-electron chi connectivity index (χ2n) is 8.05. The van der Waals surface area contributed by atoms with Gasteiger partial charge >= 0.3 is 0 Å². The summed E-state index contributed by atoms with van der Waals surface area (Å²) in [4.78, 5) is 17.4. The molecule has 0 aliphatic carbocycles. The Kier molecular flexibility index (Phi) is 6.05. The van der Waals surface area contributed by atoms with Gasteiger partial charge in [0.2, 0.25) is 0 Å². The maximum atomic E-state index is 13.0. The highest BCUT2D eigenvalue weighted by Crippen LogP contribution is 2.18. The van der Waals surface area contributed by atoms with E-state index in [-0.39, 0.29) is 5.91 Å². The maximum absolute atomic E-state index is 13.0. The molecule has 2 aromatic rings. The Morgan fingerprint density at radius 2 is 1.75 bits per heavy atom. The largest absolute Gasteiger partial charge is 0.331 e. The van der Waals surface area contributed by atoms with E-state index in [9.17, 15) is 4.79 Å². The van der Waals surface area contributed by atoms with Gasteiger partial charge in [-0.1, -0.05) is 31.9 Å². The molecule has 2 aliphatic rings. The molecule has 1 aromatic carbocycles. The van der Waals surface area contributed by atoms with Gasteiger partial charge in [-0.05, 0) is 56.5 Å². The first-order chi connectivity index (χ1) is 13.7. The first kappa shape index (κ1) is 19.1. The first-order valence-corrected chi connectivity index (χ1v) is 10.8. The number of rotatable bonds is 5. The number of amides is 1. The van der Waals surface area contributed by atoms with E-state index >= 15 is 0 Å². The number of fused-ring (bicyclic) bond motifs is 1. The molecule has 0 unspecified atom stereocenters. The van der Waals surface area contributed by atoms with Crippen LogP contribution in [0.15, 0.2) is 24.3 Å². The van der Waals surface area contributed by atoms with Crippen LogP contribution in [0.5, 0.6) is 0 Å². The highest BCUT2D eigenvalue weighted by Gasteiger charge is 2.24. The average Bonchev–Trinajstić information content (AvgIpc) is 2.96. The summed E-state index contributed by atoms with van der Waals surface area (Å²) in [5.74, 6) is 2.06. The van der Waals surface area contributed by atoms with Gasteiger partial charge in [0.1, 0.15) is 5.82 Å². The lowest BCUT2D eigenvalue weighted by Crippen LogP contribution is -2.31. The van der Waals surface area contributed by atoms with E-state index < -0.39 is 0 Å². The van der Waals surface area contributed by atoms with Crippen LogP contribution in [0.4, 0.5) is 0 Å². The second-order valence-corrected chi connectivity index (χ2v) is 8.05. The zero-order valence-corrected chi connectivity index (χ0v) is 16.9. The van der Waals surface area contributed by atoms with Crippen molar-refractivity contribution in [2.24, 2.45) is 0 Å². The molecule has 0 N–H and O–H groups in total. The molecule has 28 heavy (non-hydrogen) atoms. The molecule has 4 rings (SSSR count). The van der Waals surface area contributed by atoms with E-state index in [2.05, 4.69) is 38.7 Å².